The Balaban J connectivity index is 2.29. The van der Waals surface area contributed by atoms with Gasteiger partial charge in [-0.05, 0) is 47.3 Å². The Morgan fingerprint density at radius 2 is 2.12 bits per heavy atom. The van der Waals surface area contributed by atoms with E-state index in [1.165, 1.54) is 28.6 Å². The average molecular weight is 318 g/mol. The summed E-state index contributed by atoms with van der Waals surface area (Å²) in [5.74, 6) is 0. The van der Waals surface area contributed by atoms with Crippen molar-refractivity contribution in [3.63, 3.8) is 0 Å². The van der Waals surface area contributed by atoms with Crippen LogP contribution in [-0.4, -0.2) is 19.8 Å². The van der Waals surface area contributed by atoms with Gasteiger partial charge in [0.05, 0.1) is 11.6 Å². The SMILES string of the molecule is CNC(c1sccc1Br)C1(OC)CCCCC1. The van der Waals surface area contributed by atoms with E-state index < -0.39 is 0 Å². The van der Waals surface area contributed by atoms with Crippen molar-refractivity contribution in [3.8, 4) is 0 Å². The zero-order chi connectivity index (χ0) is 12.3. The number of hydrogen-bond donors (Lipinski definition) is 1. The number of halogens is 1. The summed E-state index contributed by atoms with van der Waals surface area (Å²) >= 11 is 5.44. The quantitative estimate of drug-likeness (QED) is 0.902. The maximum absolute atomic E-state index is 5.93. The Hall–Kier alpha value is 0.1000. The molecule has 96 valence electrons. The van der Waals surface area contributed by atoms with Gasteiger partial charge in [0.2, 0.25) is 0 Å². The summed E-state index contributed by atoms with van der Waals surface area (Å²) in [6.07, 6.45) is 6.19. The maximum Gasteiger partial charge on any atom is 0.0880 e. The van der Waals surface area contributed by atoms with Gasteiger partial charge in [0.15, 0.2) is 0 Å². The highest BCUT2D eigenvalue weighted by atomic mass is 79.9. The number of thiophene rings is 1. The normalized spacial score (nSPS) is 21.4. The first-order valence-corrected chi connectivity index (χ1v) is 7.86. The number of ether oxygens (including phenoxy) is 1. The Morgan fingerprint density at radius 1 is 1.41 bits per heavy atom. The van der Waals surface area contributed by atoms with Gasteiger partial charge >= 0.3 is 0 Å². The molecular weight excluding hydrogens is 298 g/mol. The van der Waals surface area contributed by atoms with Gasteiger partial charge < -0.3 is 10.1 Å². The molecule has 2 rings (SSSR count). The van der Waals surface area contributed by atoms with E-state index in [1.54, 1.807) is 11.3 Å². The minimum atomic E-state index is -0.0274. The van der Waals surface area contributed by atoms with Gasteiger partial charge in [0.1, 0.15) is 0 Å². The van der Waals surface area contributed by atoms with Crippen molar-refractivity contribution in [2.24, 2.45) is 0 Å². The molecule has 0 saturated heterocycles. The minimum Gasteiger partial charge on any atom is -0.376 e. The Labute approximate surface area is 116 Å². The van der Waals surface area contributed by atoms with Crippen molar-refractivity contribution in [2.45, 2.75) is 43.7 Å². The number of likely N-dealkylation sites (N-methyl/N-ethyl adjacent to an activating group) is 1. The molecule has 1 aliphatic rings. The Morgan fingerprint density at radius 3 is 2.59 bits per heavy atom. The van der Waals surface area contributed by atoms with Gasteiger partial charge in [-0.2, -0.15) is 0 Å². The fourth-order valence-electron chi connectivity index (χ4n) is 2.91. The second-order valence-corrected chi connectivity index (χ2v) is 6.49. The summed E-state index contributed by atoms with van der Waals surface area (Å²) < 4.78 is 7.13. The highest BCUT2D eigenvalue weighted by Crippen LogP contribution is 2.44. The van der Waals surface area contributed by atoms with Crippen LogP contribution in [0.5, 0.6) is 0 Å². The van der Waals surface area contributed by atoms with Gasteiger partial charge in [-0.1, -0.05) is 19.3 Å². The monoisotopic (exact) mass is 317 g/mol. The number of rotatable bonds is 4. The van der Waals surface area contributed by atoms with Gasteiger partial charge in [-0.15, -0.1) is 11.3 Å². The predicted octanol–water partition coefficient (Wildman–Crippen LogP) is 4.12. The van der Waals surface area contributed by atoms with E-state index in [0.717, 1.165) is 12.8 Å². The van der Waals surface area contributed by atoms with E-state index in [-0.39, 0.29) is 5.60 Å². The summed E-state index contributed by atoms with van der Waals surface area (Å²) in [6.45, 7) is 0. The second-order valence-electron chi connectivity index (χ2n) is 4.68. The summed E-state index contributed by atoms with van der Waals surface area (Å²) in [5, 5.41) is 5.60. The van der Waals surface area contributed by atoms with Crippen molar-refractivity contribution >= 4 is 27.3 Å². The van der Waals surface area contributed by atoms with E-state index in [9.17, 15) is 0 Å². The van der Waals surface area contributed by atoms with E-state index in [4.69, 9.17) is 4.74 Å². The molecule has 0 spiro atoms. The predicted molar refractivity (Wildman–Crippen MR) is 76.6 cm³/mol. The topological polar surface area (TPSA) is 21.3 Å². The third-order valence-electron chi connectivity index (χ3n) is 3.83. The zero-order valence-corrected chi connectivity index (χ0v) is 12.9. The average Bonchev–Trinajstić information content (AvgIpc) is 2.78. The van der Waals surface area contributed by atoms with Gasteiger partial charge in [-0.3, -0.25) is 0 Å². The van der Waals surface area contributed by atoms with Crippen LogP contribution in [0.1, 0.15) is 43.0 Å². The Bertz CT molecular complexity index is 360. The molecule has 2 nitrogen and oxygen atoms in total. The van der Waals surface area contributed by atoms with E-state index in [2.05, 4.69) is 32.7 Å². The van der Waals surface area contributed by atoms with Crippen molar-refractivity contribution in [1.82, 2.24) is 5.32 Å². The van der Waals surface area contributed by atoms with E-state index in [0.29, 0.717) is 6.04 Å². The highest BCUT2D eigenvalue weighted by Gasteiger charge is 2.41. The number of hydrogen-bond acceptors (Lipinski definition) is 3. The number of methoxy groups -OCH3 is 1. The molecule has 1 saturated carbocycles. The molecule has 1 aromatic rings. The van der Waals surface area contributed by atoms with Crippen LogP contribution < -0.4 is 5.32 Å². The van der Waals surface area contributed by atoms with Crippen LogP contribution in [0.3, 0.4) is 0 Å². The largest absolute Gasteiger partial charge is 0.376 e. The first-order valence-electron chi connectivity index (χ1n) is 6.19. The van der Waals surface area contributed by atoms with Gasteiger partial charge in [0.25, 0.3) is 0 Å². The fraction of sp³-hybridized carbons (Fsp3) is 0.692. The molecule has 1 heterocycles. The maximum atomic E-state index is 5.93. The van der Waals surface area contributed by atoms with Gasteiger partial charge in [-0.25, -0.2) is 0 Å². The van der Waals surface area contributed by atoms with E-state index >= 15 is 0 Å². The molecule has 0 radical (unpaired) electrons. The van der Waals surface area contributed by atoms with Crippen LogP contribution in [0.25, 0.3) is 0 Å². The molecule has 1 aromatic heterocycles. The molecule has 1 unspecified atom stereocenters. The number of nitrogens with one attached hydrogen (secondary N) is 1. The first kappa shape index (κ1) is 13.5. The lowest BCUT2D eigenvalue weighted by Gasteiger charge is -2.42. The van der Waals surface area contributed by atoms with Crippen LogP contribution in [0.15, 0.2) is 15.9 Å². The Kier molecular flexibility index (Phi) is 4.64. The summed E-state index contributed by atoms with van der Waals surface area (Å²) in [6, 6.07) is 2.42. The molecule has 1 N–H and O–H groups in total. The zero-order valence-electron chi connectivity index (χ0n) is 10.5. The first-order chi connectivity index (χ1) is 8.23. The molecule has 1 aliphatic carbocycles. The lowest BCUT2D eigenvalue weighted by molar-refractivity contribution is -0.0664. The van der Waals surface area contributed by atoms with Crippen LogP contribution in [0.2, 0.25) is 0 Å². The van der Waals surface area contributed by atoms with Crippen molar-refractivity contribution < 1.29 is 4.74 Å². The van der Waals surface area contributed by atoms with Crippen LogP contribution in [-0.2, 0) is 4.74 Å². The molecule has 4 heteroatoms. The smallest absolute Gasteiger partial charge is 0.0880 e. The molecule has 1 fully saturated rings. The fourth-order valence-corrected chi connectivity index (χ4v) is 4.72. The van der Waals surface area contributed by atoms with Crippen molar-refractivity contribution in [3.05, 3.63) is 20.8 Å². The van der Waals surface area contributed by atoms with E-state index in [1.807, 2.05) is 14.2 Å². The molecule has 0 amide bonds. The summed E-state index contributed by atoms with van der Waals surface area (Å²) in [5.41, 5.74) is -0.0274. The molecule has 0 bridgehead atoms. The van der Waals surface area contributed by atoms with Crippen LogP contribution >= 0.6 is 27.3 Å². The molecule has 0 aromatic carbocycles. The standard InChI is InChI=1S/C13H20BrNOS/c1-15-12(11-10(14)6-9-17-11)13(16-2)7-4-3-5-8-13/h6,9,12,15H,3-5,7-8H2,1-2H3. The molecule has 1 atom stereocenters. The van der Waals surface area contributed by atoms with Crippen molar-refractivity contribution in [2.75, 3.05) is 14.2 Å². The third kappa shape index (κ3) is 2.60. The highest BCUT2D eigenvalue weighted by molar-refractivity contribution is 9.10. The molecule has 17 heavy (non-hydrogen) atoms. The van der Waals surface area contributed by atoms with Crippen LogP contribution in [0.4, 0.5) is 0 Å². The summed E-state index contributed by atoms with van der Waals surface area (Å²) in [4.78, 5) is 1.36. The second kappa shape index (κ2) is 5.83. The third-order valence-corrected chi connectivity index (χ3v) is 5.76. The lowest BCUT2D eigenvalue weighted by atomic mass is 9.78. The van der Waals surface area contributed by atoms with Crippen molar-refractivity contribution in [1.29, 1.82) is 0 Å². The van der Waals surface area contributed by atoms with Gasteiger partial charge in [0, 0.05) is 16.5 Å². The summed E-state index contributed by atoms with van der Waals surface area (Å²) in [7, 11) is 3.89. The molecule has 0 aliphatic heterocycles. The molecular formula is C13H20BrNOS. The lowest BCUT2D eigenvalue weighted by Crippen LogP contribution is -2.45. The minimum absolute atomic E-state index is 0.0274. The van der Waals surface area contributed by atoms with Crippen LogP contribution in [0, 0.1) is 0 Å².